The van der Waals surface area contributed by atoms with E-state index in [1.165, 1.54) is 27.5 Å². The van der Waals surface area contributed by atoms with Crippen LogP contribution in [0.3, 0.4) is 0 Å². The summed E-state index contributed by atoms with van der Waals surface area (Å²) in [6.45, 7) is 4.39. The summed E-state index contributed by atoms with van der Waals surface area (Å²) in [5.41, 5.74) is 2.45. The average molecular weight is 339 g/mol. The monoisotopic (exact) mass is 338 g/mol. The Kier molecular flexibility index (Phi) is 4.94. The van der Waals surface area contributed by atoms with Gasteiger partial charge in [0.2, 0.25) is 0 Å². The zero-order valence-corrected chi connectivity index (χ0v) is 13.4. The molecule has 1 aromatic carbocycles. The van der Waals surface area contributed by atoms with E-state index in [0.717, 1.165) is 10.9 Å². The molecule has 0 N–H and O–H groups in total. The van der Waals surface area contributed by atoms with Gasteiger partial charge in [-0.1, -0.05) is 47.5 Å². The lowest BCUT2D eigenvalue weighted by atomic mass is 10.0. The topological polar surface area (TPSA) is 0 Å². The SMILES string of the molecule is CC(C)C(=Cc1ccc(-c2ccc(F)cc2)s1)CBr. The fraction of sp³-hybridized carbons (Fsp3) is 0.250. The minimum atomic E-state index is -0.193. The first kappa shape index (κ1) is 14.5. The molecule has 0 aliphatic carbocycles. The molecule has 3 heteroatoms. The van der Waals surface area contributed by atoms with Crippen LogP contribution in [0.15, 0.2) is 42.0 Å². The largest absolute Gasteiger partial charge is 0.207 e. The van der Waals surface area contributed by atoms with Crippen LogP contribution >= 0.6 is 27.3 Å². The van der Waals surface area contributed by atoms with E-state index < -0.39 is 0 Å². The van der Waals surface area contributed by atoms with Gasteiger partial charge in [-0.15, -0.1) is 11.3 Å². The van der Waals surface area contributed by atoms with Crippen LogP contribution in [0.4, 0.5) is 4.39 Å². The van der Waals surface area contributed by atoms with Crippen molar-refractivity contribution < 1.29 is 4.39 Å². The van der Waals surface area contributed by atoms with E-state index in [1.807, 2.05) is 12.1 Å². The molecular weight excluding hydrogens is 323 g/mol. The number of allylic oxidation sites excluding steroid dienone is 1. The van der Waals surface area contributed by atoms with Crippen molar-refractivity contribution in [3.05, 3.63) is 52.7 Å². The normalized spacial score (nSPS) is 12.2. The first-order valence-electron chi connectivity index (χ1n) is 6.22. The molecule has 0 aliphatic rings. The van der Waals surface area contributed by atoms with Gasteiger partial charge in [-0.3, -0.25) is 0 Å². The van der Waals surface area contributed by atoms with Gasteiger partial charge in [0.1, 0.15) is 5.82 Å². The number of rotatable bonds is 4. The maximum atomic E-state index is 12.9. The molecule has 100 valence electrons. The van der Waals surface area contributed by atoms with Gasteiger partial charge in [-0.2, -0.15) is 0 Å². The number of thiophene rings is 1. The van der Waals surface area contributed by atoms with Gasteiger partial charge >= 0.3 is 0 Å². The van der Waals surface area contributed by atoms with Crippen LogP contribution < -0.4 is 0 Å². The lowest BCUT2D eigenvalue weighted by Crippen LogP contribution is -1.93. The minimum Gasteiger partial charge on any atom is -0.207 e. The number of alkyl halides is 1. The molecule has 0 amide bonds. The highest BCUT2D eigenvalue weighted by atomic mass is 79.9. The van der Waals surface area contributed by atoms with Crippen LogP contribution in [0, 0.1) is 11.7 Å². The van der Waals surface area contributed by atoms with Crippen molar-refractivity contribution in [1.82, 2.24) is 0 Å². The molecule has 19 heavy (non-hydrogen) atoms. The summed E-state index contributed by atoms with van der Waals surface area (Å²) in [6.07, 6.45) is 2.23. The number of benzene rings is 1. The first-order valence-corrected chi connectivity index (χ1v) is 8.16. The Hall–Kier alpha value is -0.930. The summed E-state index contributed by atoms with van der Waals surface area (Å²) in [6, 6.07) is 10.9. The molecular formula is C16H16BrFS. The maximum absolute atomic E-state index is 12.9. The highest BCUT2D eigenvalue weighted by molar-refractivity contribution is 9.09. The van der Waals surface area contributed by atoms with E-state index in [2.05, 4.69) is 48.0 Å². The predicted molar refractivity (Wildman–Crippen MR) is 86.3 cm³/mol. The minimum absolute atomic E-state index is 0.193. The molecule has 0 spiro atoms. The fourth-order valence-electron chi connectivity index (χ4n) is 1.74. The van der Waals surface area contributed by atoms with Crippen molar-refractivity contribution >= 4 is 33.3 Å². The second-order valence-electron chi connectivity index (χ2n) is 4.72. The summed E-state index contributed by atoms with van der Waals surface area (Å²) in [7, 11) is 0. The molecule has 0 unspecified atom stereocenters. The number of halogens is 2. The lowest BCUT2D eigenvalue weighted by Gasteiger charge is -2.06. The van der Waals surface area contributed by atoms with Crippen molar-refractivity contribution in [2.75, 3.05) is 5.33 Å². The standard InChI is InChI=1S/C16H16BrFS/c1-11(2)13(10-17)9-15-7-8-16(19-15)12-3-5-14(18)6-4-12/h3-9,11H,10H2,1-2H3. The number of hydrogen-bond donors (Lipinski definition) is 0. The van der Waals surface area contributed by atoms with Gasteiger partial charge in [0.05, 0.1) is 0 Å². The summed E-state index contributed by atoms with van der Waals surface area (Å²) in [5.74, 6) is 0.345. The average Bonchev–Trinajstić information content (AvgIpc) is 2.85. The zero-order chi connectivity index (χ0) is 13.8. The Bertz CT molecular complexity index is 567. The van der Waals surface area contributed by atoms with Gasteiger partial charge in [-0.25, -0.2) is 4.39 Å². The van der Waals surface area contributed by atoms with E-state index in [4.69, 9.17) is 0 Å². The zero-order valence-electron chi connectivity index (χ0n) is 11.0. The predicted octanol–water partition coefficient (Wildman–Crippen LogP) is 5.99. The molecule has 0 atom stereocenters. The molecule has 0 saturated carbocycles. The molecule has 2 rings (SSSR count). The van der Waals surface area contributed by atoms with Gasteiger partial charge in [0.25, 0.3) is 0 Å². The highest BCUT2D eigenvalue weighted by Gasteiger charge is 2.05. The second kappa shape index (κ2) is 6.49. The van der Waals surface area contributed by atoms with Crippen molar-refractivity contribution in [3.8, 4) is 10.4 Å². The summed E-state index contributed by atoms with van der Waals surface area (Å²) in [4.78, 5) is 2.41. The Labute approximate surface area is 126 Å². The van der Waals surface area contributed by atoms with Crippen LogP contribution in [0.2, 0.25) is 0 Å². The van der Waals surface area contributed by atoms with E-state index in [9.17, 15) is 4.39 Å². The van der Waals surface area contributed by atoms with E-state index in [-0.39, 0.29) is 5.82 Å². The lowest BCUT2D eigenvalue weighted by molar-refractivity contribution is 0.628. The van der Waals surface area contributed by atoms with Crippen molar-refractivity contribution in [2.45, 2.75) is 13.8 Å². The van der Waals surface area contributed by atoms with Crippen molar-refractivity contribution in [2.24, 2.45) is 5.92 Å². The molecule has 0 radical (unpaired) electrons. The number of hydrogen-bond acceptors (Lipinski definition) is 1. The summed E-state index contributed by atoms with van der Waals surface area (Å²) in [5, 5.41) is 0.897. The third-order valence-electron chi connectivity index (χ3n) is 2.98. The van der Waals surface area contributed by atoms with Crippen LogP contribution in [-0.4, -0.2) is 5.33 Å². The summed E-state index contributed by atoms with van der Waals surface area (Å²) < 4.78 is 12.9. The molecule has 0 fully saturated rings. The molecule has 0 nitrogen and oxygen atoms in total. The smallest absolute Gasteiger partial charge is 0.123 e. The molecule has 0 aliphatic heterocycles. The summed E-state index contributed by atoms with van der Waals surface area (Å²) >= 11 is 5.26. The van der Waals surface area contributed by atoms with Crippen LogP contribution in [0.1, 0.15) is 18.7 Å². The third-order valence-corrected chi connectivity index (χ3v) is 4.71. The van der Waals surface area contributed by atoms with Gasteiger partial charge in [-0.05, 0) is 41.8 Å². The van der Waals surface area contributed by atoms with Gasteiger partial charge in [0, 0.05) is 15.1 Å². The molecule has 0 bridgehead atoms. The molecule has 1 heterocycles. The van der Waals surface area contributed by atoms with Crippen molar-refractivity contribution in [1.29, 1.82) is 0 Å². The van der Waals surface area contributed by atoms with E-state index in [0.29, 0.717) is 5.92 Å². The molecule has 2 aromatic rings. The van der Waals surface area contributed by atoms with Gasteiger partial charge in [0.15, 0.2) is 0 Å². The Balaban J connectivity index is 2.26. The third kappa shape index (κ3) is 3.77. The van der Waals surface area contributed by atoms with E-state index >= 15 is 0 Å². The highest BCUT2D eigenvalue weighted by Crippen LogP contribution is 2.30. The Morgan fingerprint density at radius 2 is 1.89 bits per heavy atom. The molecule has 0 saturated heterocycles. The van der Waals surface area contributed by atoms with Crippen LogP contribution in [0.5, 0.6) is 0 Å². The quantitative estimate of drug-likeness (QED) is 0.600. The van der Waals surface area contributed by atoms with E-state index in [1.54, 1.807) is 11.3 Å². The van der Waals surface area contributed by atoms with Crippen molar-refractivity contribution in [3.63, 3.8) is 0 Å². The first-order chi connectivity index (χ1) is 9.10. The Morgan fingerprint density at radius 1 is 1.21 bits per heavy atom. The fourth-order valence-corrected chi connectivity index (χ4v) is 3.54. The maximum Gasteiger partial charge on any atom is 0.123 e. The Morgan fingerprint density at radius 3 is 2.47 bits per heavy atom. The van der Waals surface area contributed by atoms with Gasteiger partial charge < -0.3 is 0 Å². The van der Waals surface area contributed by atoms with Crippen LogP contribution in [0.25, 0.3) is 16.5 Å². The van der Waals surface area contributed by atoms with Crippen LogP contribution in [-0.2, 0) is 0 Å². The molecule has 1 aromatic heterocycles. The second-order valence-corrected chi connectivity index (χ2v) is 6.39.